The number of carbonyl (C=O) groups is 3. The maximum atomic E-state index is 11.6. The molecule has 1 amide bonds. The molecule has 0 fully saturated rings. The number of ketones is 2. The lowest BCUT2D eigenvalue weighted by Crippen LogP contribution is -2.31. The highest BCUT2D eigenvalue weighted by Crippen LogP contribution is 2.13. The Balaban J connectivity index is 2.60. The standard InChI is InChI=1S/C13H17NO5/c1-8-11(12(18)6-13(19)14-8)5-4-9(16)2-3-10(17)7-15/h4-5,10,15,17H,2-3,6-7H2,1H3,(H,14,19)/b5-4+/t10-/m0/s1. The normalized spacial score (nSPS) is 17.8. The Morgan fingerprint density at radius 2 is 2.16 bits per heavy atom. The van der Waals surface area contributed by atoms with Gasteiger partial charge in [-0.2, -0.15) is 0 Å². The van der Waals surface area contributed by atoms with Crippen LogP contribution in [0.4, 0.5) is 0 Å². The molecular weight excluding hydrogens is 250 g/mol. The van der Waals surface area contributed by atoms with Crippen LogP contribution < -0.4 is 5.32 Å². The van der Waals surface area contributed by atoms with E-state index in [0.717, 1.165) is 0 Å². The van der Waals surface area contributed by atoms with Gasteiger partial charge >= 0.3 is 0 Å². The molecule has 0 spiro atoms. The molecule has 104 valence electrons. The molecule has 0 aliphatic carbocycles. The predicted molar refractivity (Wildman–Crippen MR) is 66.9 cm³/mol. The Morgan fingerprint density at radius 3 is 2.74 bits per heavy atom. The number of allylic oxidation sites excluding steroid dienone is 4. The number of aliphatic hydroxyl groups excluding tert-OH is 2. The molecule has 6 nitrogen and oxygen atoms in total. The van der Waals surface area contributed by atoms with Crippen LogP contribution in [-0.2, 0) is 14.4 Å². The number of rotatable bonds is 6. The molecule has 0 aromatic rings. The first kappa shape index (κ1) is 15.3. The summed E-state index contributed by atoms with van der Waals surface area (Å²) in [5.41, 5.74) is 0.747. The van der Waals surface area contributed by atoms with E-state index in [0.29, 0.717) is 11.3 Å². The highest BCUT2D eigenvalue weighted by atomic mass is 16.3. The Kier molecular flexibility index (Phi) is 5.59. The van der Waals surface area contributed by atoms with Crippen molar-refractivity contribution in [2.75, 3.05) is 6.61 Å². The van der Waals surface area contributed by atoms with Gasteiger partial charge in [0.15, 0.2) is 11.6 Å². The van der Waals surface area contributed by atoms with Crippen LogP contribution in [-0.4, -0.2) is 40.4 Å². The van der Waals surface area contributed by atoms with Crippen LogP contribution in [0.15, 0.2) is 23.4 Å². The third-order valence-electron chi connectivity index (χ3n) is 2.72. The van der Waals surface area contributed by atoms with Crippen LogP contribution in [0.2, 0.25) is 0 Å². The van der Waals surface area contributed by atoms with Crippen LogP contribution in [0, 0.1) is 0 Å². The monoisotopic (exact) mass is 267 g/mol. The van der Waals surface area contributed by atoms with E-state index >= 15 is 0 Å². The van der Waals surface area contributed by atoms with Gasteiger partial charge in [0.25, 0.3) is 0 Å². The lowest BCUT2D eigenvalue weighted by molar-refractivity contribution is -0.127. The van der Waals surface area contributed by atoms with E-state index < -0.39 is 6.10 Å². The van der Waals surface area contributed by atoms with Crippen LogP contribution in [0.25, 0.3) is 0 Å². The van der Waals surface area contributed by atoms with Gasteiger partial charge in [0.05, 0.1) is 19.1 Å². The second-order valence-electron chi connectivity index (χ2n) is 4.36. The van der Waals surface area contributed by atoms with Crippen molar-refractivity contribution in [2.45, 2.75) is 32.3 Å². The first-order valence-corrected chi connectivity index (χ1v) is 5.97. The minimum Gasteiger partial charge on any atom is -0.394 e. The van der Waals surface area contributed by atoms with Crippen molar-refractivity contribution >= 4 is 17.5 Å². The van der Waals surface area contributed by atoms with Crippen LogP contribution in [0.3, 0.4) is 0 Å². The number of carbonyl (C=O) groups excluding carboxylic acids is 3. The van der Waals surface area contributed by atoms with E-state index in [2.05, 4.69) is 5.32 Å². The Hall–Kier alpha value is -1.79. The zero-order chi connectivity index (χ0) is 14.4. The maximum Gasteiger partial charge on any atom is 0.231 e. The minimum atomic E-state index is -0.908. The summed E-state index contributed by atoms with van der Waals surface area (Å²) >= 11 is 0. The molecular formula is C13H17NO5. The fourth-order valence-electron chi connectivity index (χ4n) is 1.65. The van der Waals surface area contributed by atoms with E-state index in [9.17, 15) is 14.4 Å². The van der Waals surface area contributed by atoms with Crippen molar-refractivity contribution < 1.29 is 24.6 Å². The lowest BCUT2D eigenvalue weighted by atomic mass is 10.0. The molecule has 1 aliphatic heterocycles. The fraction of sp³-hybridized carbons (Fsp3) is 0.462. The van der Waals surface area contributed by atoms with E-state index in [-0.39, 0.29) is 43.3 Å². The smallest absolute Gasteiger partial charge is 0.231 e. The van der Waals surface area contributed by atoms with Crippen molar-refractivity contribution in [3.63, 3.8) is 0 Å². The topological polar surface area (TPSA) is 104 Å². The number of aliphatic hydroxyl groups is 2. The molecule has 0 bridgehead atoms. The Morgan fingerprint density at radius 1 is 1.47 bits per heavy atom. The summed E-state index contributed by atoms with van der Waals surface area (Å²) in [6.45, 7) is 1.21. The minimum absolute atomic E-state index is 0.0884. The van der Waals surface area contributed by atoms with Crippen LogP contribution in [0.5, 0.6) is 0 Å². The molecule has 0 saturated carbocycles. The summed E-state index contributed by atoms with van der Waals surface area (Å²) in [6, 6.07) is 0. The molecule has 0 aromatic carbocycles. The zero-order valence-corrected chi connectivity index (χ0v) is 10.7. The highest BCUT2D eigenvalue weighted by Gasteiger charge is 2.21. The molecule has 0 unspecified atom stereocenters. The molecule has 0 aromatic heterocycles. The Labute approximate surface area is 110 Å². The SMILES string of the molecule is CC1=C(/C=C/C(=O)CC[C@H](O)CO)C(=O)CC(=O)N1. The molecule has 6 heteroatoms. The lowest BCUT2D eigenvalue weighted by Gasteiger charge is -2.14. The van der Waals surface area contributed by atoms with Gasteiger partial charge in [0.1, 0.15) is 0 Å². The molecule has 19 heavy (non-hydrogen) atoms. The summed E-state index contributed by atoms with van der Waals surface area (Å²) < 4.78 is 0. The number of amides is 1. The van der Waals surface area contributed by atoms with E-state index in [1.165, 1.54) is 12.2 Å². The van der Waals surface area contributed by atoms with Crippen molar-refractivity contribution in [2.24, 2.45) is 0 Å². The van der Waals surface area contributed by atoms with Gasteiger partial charge < -0.3 is 15.5 Å². The molecule has 3 N–H and O–H groups in total. The fourth-order valence-corrected chi connectivity index (χ4v) is 1.65. The van der Waals surface area contributed by atoms with E-state index in [1.54, 1.807) is 6.92 Å². The number of hydrogen-bond acceptors (Lipinski definition) is 5. The summed E-state index contributed by atoms with van der Waals surface area (Å²) in [4.78, 5) is 34.1. The summed E-state index contributed by atoms with van der Waals surface area (Å²) in [5.74, 6) is -0.921. The molecule has 1 heterocycles. The van der Waals surface area contributed by atoms with Gasteiger partial charge in [-0.3, -0.25) is 14.4 Å². The third-order valence-corrected chi connectivity index (χ3v) is 2.72. The first-order valence-electron chi connectivity index (χ1n) is 5.97. The number of Topliss-reactive ketones (excluding diaryl/α,β-unsaturated/α-hetero) is 1. The molecule has 1 aliphatic rings. The summed E-state index contributed by atoms with van der Waals surface area (Å²) in [7, 11) is 0. The van der Waals surface area contributed by atoms with Gasteiger partial charge in [-0.1, -0.05) is 0 Å². The second kappa shape index (κ2) is 6.96. The largest absolute Gasteiger partial charge is 0.394 e. The van der Waals surface area contributed by atoms with Crippen molar-refractivity contribution in [3.8, 4) is 0 Å². The van der Waals surface area contributed by atoms with Gasteiger partial charge in [0.2, 0.25) is 5.91 Å². The quantitative estimate of drug-likeness (QED) is 0.449. The number of nitrogens with one attached hydrogen (secondary N) is 1. The van der Waals surface area contributed by atoms with Gasteiger partial charge in [0, 0.05) is 17.7 Å². The van der Waals surface area contributed by atoms with Gasteiger partial charge in [-0.25, -0.2) is 0 Å². The molecule has 0 radical (unpaired) electrons. The van der Waals surface area contributed by atoms with Crippen LogP contribution >= 0.6 is 0 Å². The highest BCUT2D eigenvalue weighted by molar-refractivity contribution is 6.12. The van der Waals surface area contributed by atoms with E-state index in [4.69, 9.17) is 10.2 Å². The maximum absolute atomic E-state index is 11.6. The Bertz CT molecular complexity index is 450. The molecule has 1 rings (SSSR count). The van der Waals surface area contributed by atoms with Gasteiger partial charge in [-0.05, 0) is 25.5 Å². The van der Waals surface area contributed by atoms with Gasteiger partial charge in [-0.15, -0.1) is 0 Å². The third kappa shape index (κ3) is 4.76. The van der Waals surface area contributed by atoms with Crippen molar-refractivity contribution in [3.05, 3.63) is 23.4 Å². The summed E-state index contributed by atoms with van der Waals surface area (Å²) in [6.07, 6.45) is 1.76. The van der Waals surface area contributed by atoms with Crippen molar-refractivity contribution in [1.82, 2.24) is 5.32 Å². The van der Waals surface area contributed by atoms with Crippen LogP contribution in [0.1, 0.15) is 26.2 Å². The summed E-state index contributed by atoms with van der Waals surface area (Å²) in [5, 5.41) is 20.2. The molecule has 1 atom stereocenters. The average Bonchev–Trinajstić information content (AvgIpc) is 2.34. The van der Waals surface area contributed by atoms with E-state index in [1.807, 2.05) is 0 Å². The second-order valence-corrected chi connectivity index (χ2v) is 4.36. The first-order chi connectivity index (χ1) is 8.93. The van der Waals surface area contributed by atoms with Crippen molar-refractivity contribution in [1.29, 1.82) is 0 Å². The number of hydrogen-bond donors (Lipinski definition) is 3. The zero-order valence-electron chi connectivity index (χ0n) is 10.7. The predicted octanol–water partition coefficient (Wildman–Crippen LogP) is -0.392. The average molecular weight is 267 g/mol. The molecule has 0 saturated heterocycles.